The maximum absolute atomic E-state index is 10.9. The van der Waals surface area contributed by atoms with Gasteiger partial charge in [-0.2, -0.15) is 0 Å². The molecule has 0 rings (SSSR count). The molecule has 0 aromatic heterocycles. The third-order valence-corrected chi connectivity index (χ3v) is 1.32. The summed E-state index contributed by atoms with van der Waals surface area (Å²) in [5, 5.41) is 0. The van der Waals surface area contributed by atoms with Gasteiger partial charge in [0.1, 0.15) is 25.0 Å². The Kier molecular flexibility index (Phi) is 6.85. The van der Waals surface area contributed by atoms with E-state index in [1.54, 1.807) is 0 Å². The van der Waals surface area contributed by atoms with E-state index in [-0.39, 0.29) is 11.1 Å². The molecule has 17 heavy (non-hydrogen) atoms. The number of ether oxygens (including phenoxy) is 3. The molecule has 0 aliphatic carbocycles. The molecular formula is C12H14O5. The van der Waals surface area contributed by atoms with Crippen LogP contribution in [0.1, 0.15) is 13.8 Å². The highest BCUT2D eigenvalue weighted by Gasteiger charge is 1.99. The normalized spacial score (nSPS) is 10.2. The molecule has 92 valence electrons. The van der Waals surface area contributed by atoms with E-state index in [1.807, 2.05) is 0 Å². The maximum Gasteiger partial charge on any atom is 0.338 e. The van der Waals surface area contributed by atoms with Crippen molar-refractivity contribution < 1.29 is 23.8 Å². The molecule has 0 N–H and O–H groups in total. The first-order chi connectivity index (χ1) is 7.95. The Morgan fingerprint density at radius 1 is 0.824 bits per heavy atom. The molecule has 0 aliphatic rings. The van der Waals surface area contributed by atoms with Gasteiger partial charge in [0, 0.05) is 11.1 Å². The summed E-state index contributed by atoms with van der Waals surface area (Å²) in [5.74, 6) is -1.11. The van der Waals surface area contributed by atoms with Gasteiger partial charge in [-0.15, -0.1) is 0 Å². The van der Waals surface area contributed by atoms with Crippen molar-refractivity contribution >= 4 is 11.9 Å². The highest BCUT2D eigenvalue weighted by atomic mass is 16.6. The van der Waals surface area contributed by atoms with Gasteiger partial charge in [0.05, 0.1) is 0 Å². The molecule has 0 saturated heterocycles. The zero-order valence-electron chi connectivity index (χ0n) is 9.76. The molecule has 5 nitrogen and oxygen atoms in total. The Hall–Kier alpha value is -2.30. The fourth-order valence-corrected chi connectivity index (χ4v) is 0.490. The Morgan fingerprint density at radius 3 is 1.47 bits per heavy atom. The number of rotatable bonds is 6. The van der Waals surface area contributed by atoms with Gasteiger partial charge in [0.2, 0.25) is 0 Å². The van der Waals surface area contributed by atoms with E-state index in [1.165, 1.54) is 13.8 Å². The van der Waals surface area contributed by atoms with Crippen molar-refractivity contribution in [3.05, 3.63) is 49.4 Å². The van der Waals surface area contributed by atoms with Gasteiger partial charge < -0.3 is 14.2 Å². The lowest BCUT2D eigenvalue weighted by atomic mass is 10.4. The van der Waals surface area contributed by atoms with Crippen molar-refractivity contribution in [3.8, 4) is 0 Å². The molecule has 0 heterocycles. The lowest BCUT2D eigenvalue weighted by Gasteiger charge is -1.97. The van der Waals surface area contributed by atoms with Crippen molar-refractivity contribution in [2.45, 2.75) is 13.8 Å². The fourth-order valence-electron chi connectivity index (χ4n) is 0.490. The maximum atomic E-state index is 10.9. The van der Waals surface area contributed by atoms with E-state index in [0.29, 0.717) is 0 Å². The Labute approximate surface area is 99.7 Å². The third-order valence-electron chi connectivity index (χ3n) is 1.32. The second kappa shape index (κ2) is 7.92. The van der Waals surface area contributed by atoms with Gasteiger partial charge in [0.15, 0.2) is 0 Å². The minimum Gasteiger partial charge on any atom is -0.466 e. The monoisotopic (exact) mass is 238 g/mol. The van der Waals surface area contributed by atoms with Crippen molar-refractivity contribution in [1.82, 2.24) is 0 Å². The second-order valence-electron chi connectivity index (χ2n) is 3.05. The third kappa shape index (κ3) is 7.61. The van der Waals surface area contributed by atoms with E-state index in [0.717, 1.165) is 25.0 Å². The quantitative estimate of drug-likeness (QED) is 0.403. The van der Waals surface area contributed by atoms with Crippen LogP contribution in [0, 0.1) is 0 Å². The lowest BCUT2D eigenvalue weighted by molar-refractivity contribution is -0.134. The highest BCUT2D eigenvalue weighted by Crippen LogP contribution is 1.94. The van der Waals surface area contributed by atoms with Gasteiger partial charge in [0.25, 0.3) is 0 Å². The minimum absolute atomic E-state index is 0.278. The predicted molar refractivity (Wildman–Crippen MR) is 61.2 cm³/mol. The molecule has 0 aliphatic heterocycles. The van der Waals surface area contributed by atoms with Crippen LogP contribution in [0.15, 0.2) is 49.4 Å². The number of hydrogen-bond acceptors (Lipinski definition) is 5. The molecule has 0 aromatic carbocycles. The van der Waals surface area contributed by atoms with Crippen molar-refractivity contribution in [2.24, 2.45) is 0 Å². The topological polar surface area (TPSA) is 61.8 Å². The van der Waals surface area contributed by atoms with Crippen molar-refractivity contribution in [2.75, 3.05) is 0 Å². The molecule has 0 bridgehead atoms. The molecule has 0 unspecified atom stereocenters. The van der Waals surface area contributed by atoms with E-state index in [9.17, 15) is 9.59 Å². The van der Waals surface area contributed by atoms with Crippen LogP contribution >= 0.6 is 0 Å². The zero-order valence-corrected chi connectivity index (χ0v) is 9.76. The van der Waals surface area contributed by atoms with Crippen LogP contribution in [0.5, 0.6) is 0 Å². The summed E-state index contributed by atoms with van der Waals surface area (Å²) >= 11 is 0. The second-order valence-corrected chi connectivity index (χ2v) is 3.05. The van der Waals surface area contributed by atoms with Crippen LogP contribution in [0.2, 0.25) is 0 Å². The van der Waals surface area contributed by atoms with Crippen LogP contribution < -0.4 is 0 Å². The Morgan fingerprint density at radius 2 is 1.18 bits per heavy atom. The van der Waals surface area contributed by atoms with Crippen LogP contribution in [-0.4, -0.2) is 11.9 Å². The smallest absolute Gasteiger partial charge is 0.338 e. The number of hydrogen-bond donors (Lipinski definition) is 0. The van der Waals surface area contributed by atoms with E-state index < -0.39 is 11.9 Å². The van der Waals surface area contributed by atoms with Crippen LogP contribution in [0.4, 0.5) is 0 Å². The number of carbonyl (C=O) groups is 2. The summed E-state index contributed by atoms with van der Waals surface area (Å²) in [6.07, 6.45) is 4.29. The van der Waals surface area contributed by atoms with E-state index >= 15 is 0 Å². The summed E-state index contributed by atoms with van der Waals surface area (Å²) in [6, 6.07) is 0. The minimum atomic E-state index is -0.553. The fraction of sp³-hybridized carbons (Fsp3) is 0.167. The standard InChI is InChI=1S/C12H14O5/c1-9(2)11(13)16-7-5-15-6-8-17-12(14)10(3)4/h5-8H,1,3H2,2,4H3. The van der Waals surface area contributed by atoms with Crippen LogP contribution in [0.25, 0.3) is 0 Å². The van der Waals surface area contributed by atoms with E-state index in [4.69, 9.17) is 4.74 Å². The Balaban J connectivity index is 3.77. The zero-order chi connectivity index (χ0) is 13.3. The van der Waals surface area contributed by atoms with Gasteiger partial charge in [-0.1, -0.05) is 13.2 Å². The highest BCUT2D eigenvalue weighted by molar-refractivity contribution is 5.87. The molecule has 0 fully saturated rings. The first kappa shape index (κ1) is 14.7. The molecule has 0 amide bonds. The van der Waals surface area contributed by atoms with Crippen LogP contribution in [0.3, 0.4) is 0 Å². The molecule has 5 heteroatoms. The van der Waals surface area contributed by atoms with Crippen LogP contribution in [-0.2, 0) is 23.8 Å². The SMILES string of the molecule is C=C(C)C(=O)OC=COC=COC(=O)C(=C)C. The van der Waals surface area contributed by atoms with Gasteiger partial charge in [-0.05, 0) is 13.8 Å². The molecule has 0 saturated carbocycles. The van der Waals surface area contributed by atoms with E-state index in [2.05, 4.69) is 22.6 Å². The summed E-state index contributed by atoms with van der Waals surface area (Å²) < 4.78 is 13.9. The Bertz CT molecular complexity index is 340. The number of esters is 2. The summed E-state index contributed by atoms with van der Waals surface area (Å²) in [5.41, 5.74) is 0.557. The van der Waals surface area contributed by atoms with Gasteiger partial charge >= 0.3 is 11.9 Å². The average Bonchev–Trinajstić information content (AvgIpc) is 2.26. The largest absolute Gasteiger partial charge is 0.466 e. The molecule has 0 aromatic rings. The summed E-state index contributed by atoms with van der Waals surface area (Å²) in [6.45, 7) is 9.82. The van der Waals surface area contributed by atoms with Crippen molar-refractivity contribution in [3.63, 3.8) is 0 Å². The predicted octanol–water partition coefficient (Wildman–Crippen LogP) is 2.18. The van der Waals surface area contributed by atoms with Crippen molar-refractivity contribution in [1.29, 1.82) is 0 Å². The molecule has 0 atom stereocenters. The molecule has 0 spiro atoms. The molecule has 0 radical (unpaired) electrons. The number of carbonyl (C=O) groups excluding carboxylic acids is 2. The first-order valence-electron chi connectivity index (χ1n) is 4.63. The lowest BCUT2D eigenvalue weighted by Crippen LogP contribution is -1.99. The summed E-state index contributed by atoms with van der Waals surface area (Å²) in [4.78, 5) is 21.7. The first-order valence-corrected chi connectivity index (χ1v) is 4.63. The molecular weight excluding hydrogens is 224 g/mol. The van der Waals surface area contributed by atoms with Gasteiger partial charge in [-0.25, -0.2) is 9.59 Å². The average molecular weight is 238 g/mol. The van der Waals surface area contributed by atoms with Gasteiger partial charge in [-0.3, -0.25) is 0 Å². The summed E-state index contributed by atoms with van der Waals surface area (Å²) in [7, 11) is 0.